The van der Waals surface area contributed by atoms with E-state index in [4.69, 9.17) is 0 Å². The van der Waals surface area contributed by atoms with Gasteiger partial charge in [-0.3, -0.25) is 9.58 Å². The number of hydrogen-bond donors (Lipinski definition) is 2. The van der Waals surface area contributed by atoms with Gasteiger partial charge in [0.2, 0.25) is 0 Å². The van der Waals surface area contributed by atoms with Gasteiger partial charge in [-0.05, 0) is 22.6 Å². The second-order valence-corrected chi connectivity index (χ2v) is 5.33. The molecule has 1 atom stereocenters. The van der Waals surface area contributed by atoms with Gasteiger partial charge in [-0.2, -0.15) is 5.10 Å². The maximum atomic E-state index is 9.94. The van der Waals surface area contributed by atoms with Crippen molar-refractivity contribution in [2.75, 3.05) is 32.7 Å². The van der Waals surface area contributed by atoms with E-state index in [1.54, 1.807) is 10.9 Å². The third kappa shape index (κ3) is 3.69. The number of hydrogen-bond acceptors (Lipinski definition) is 4. The number of aromatic nitrogens is 2. The first kappa shape index (κ1) is 12.3. The zero-order valence-electron chi connectivity index (χ0n) is 9.14. The van der Waals surface area contributed by atoms with Gasteiger partial charge in [-0.1, -0.05) is 0 Å². The van der Waals surface area contributed by atoms with Crippen molar-refractivity contribution in [2.24, 2.45) is 0 Å². The Morgan fingerprint density at radius 3 is 2.81 bits per heavy atom. The molecule has 90 valence electrons. The lowest BCUT2D eigenvalue weighted by Crippen LogP contribution is -2.46. The van der Waals surface area contributed by atoms with Crippen LogP contribution in [0.15, 0.2) is 12.4 Å². The molecule has 1 aliphatic heterocycles. The Balaban J connectivity index is 1.77. The molecule has 1 saturated heterocycles. The fraction of sp³-hybridized carbons (Fsp3) is 0.700. The molecule has 16 heavy (non-hydrogen) atoms. The van der Waals surface area contributed by atoms with E-state index in [0.29, 0.717) is 6.54 Å². The minimum atomic E-state index is -0.339. The zero-order valence-corrected chi connectivity index (χ0v) is 11.3. The number of nitrogens with one attached hydrogen (secondary N) is 1. The Bertz CT molecular complexity index is 324. The Morgan fingerprint density at radius 2 is 2.19 bits per heavy atom. The van der Waals surface area contributed by atoms with Crippen molar-refractivity contribution in [3.63, 3.8) is 0 Å². The first-order valence-electron chi connectivity index (χ1n) is 5.53. The number of halogens is 1. The number of nitrogens with zero attached hydrogens (tertiary/aromatic N) is 3. The third-order valence-electron chi connectivity index (χ3n) is 2.68. The van der Waals surface area contributed by atoms with E-state index in [0.717, 1.165) is 36.3 Å². The van der Waals surface area contributed by atoms with Crippen LogP contribution in [0.4, 0.5) is 0 Å². The molecule has 1 unspecified atom stereocenters. The van der Waals surface area contributed by atoms with Gasteiger partial charge < -0.3 is 10.4 Å². The van der Waals surface area contributed by atoms with Crippen LogP contribution in [0.1, 0.15) is 0 Å². The van der Waals surface area contributed by atoms with Crippen molar-refractivity contribution in [1.82, 2.24) is 20.0 Å². The second kappa shape index (κ2) is 5.95. The lowest BCUT2D eigenvalue weighted by molar-refractivity contribution is 0.0889. The summed E-state index contributed by atoms with van der Waals surface area (Å²) in [5.41, 5.74) is 0. The molecular formula is C10H17IN4O. The topological polar surface area (TPSA) is 53.3 Å². The molecule has 5 nitrogen and oxygen atoms in total. The summed E-state index contributed by atoms with van der Waals surface area (Å²) < 4.78 is 2.90. The number of β-amino-alcohol motifs (C(OH)–C–C–N with tert-alkyl or cyclic N) is 1. The molecule has 1 aromatic rings. The van der Waals surface area contributed by atoms with Crippen molar-refractivity contribution >= 4 is 22.6 Å². The lowest BCUT2D eigenvalue weighted by Gasteiger charge is -2.28. The highest BCUT2D eigenvalue weighted by Gasteiger charge is 2.14. The quantitative estimate of drug-likeness (QED) is 0.745. The van der Waals surface area contributed by atoms with E-state index in [2.05, 4.69) is 37.9 Å². The molecular weight excluding hydrogens is 319 g/mol. The SMILES string of the molecule is OC(CN1CCNCC1)Cn1cc(I)cn1. The summed E-state index contributed by atoms with van der Waals surface area (Å²) in [7, 11) is 0. The summed E-state index contributed by atoms with van der Waals surface area (Å²) in [5, 5.41) is 17.4. The highest BCUT2D eigenvalue weighted by Crippen LogP contribution is 2.03. The number of aliphatic hydroxyl groups is 1. The molecule has 0 amide bonds. The van der Waals surface area contributed by atoms with E-state index in [1.165, 1.54) is 0 Å². The van der Waals surface area contributed by atoms with Crippen molar-refractivity contribution in [3.05, 3.63) is 16.0 Å². The second-order valence-electron chi connectivity index (χ2n) is 4.09. The largest absolute Gasteiger partial charge is 0.390 e. The highest BCUT2D eigenvalue weighted by molar-refractivity contribution is 14.1. The molecule has 0 aliphatic carbocycles. The number of aliphatic hydroxyl groups excluding tert-OH is 1. The van der Waals surface area contributed by atoms with Crippen LogP contribution in [0.2, 0.25) is 0 Å². The van der Waals surface area contributed by atoms with Crippen LogP contribution >= 0.6 is 22.6 Å². The molecule has 2 rings (SSSR count). The van der Waals surface area contributed by atoms with E-state index in [1.807, 2.05) is 6.20 Å². The molecule has 6 heteroatoms. The van der Waals surface area contributed by atoms with Crippen molar-refractivity contribution in [2.45, 2.75) is 12.6 Å². The highest BCUT2D eigenvalue weighted by atomic mass is 127. The summed E-state index contributed by atoms with van der Waals surface area (Å²) in [4.78, 5) is 2.29. The van der Waals surface area contributed by atoms with Crippen LogP contribution in [-0.4, -0.2) is 58.6 Å². The van der Waals surface area contributed by atoms with Crippen LogP contribution < -0.4 is 5.32 Å². The Morgan fingerprint density at radius 1 is 1.44 bits per heavy atom. The summed E-state index contributed by atoms with van der Waals surface area (Å²) in [5.74, 6) is 0. The van der Waals surface area contributed by atoms with Crippen LogP contribution in [0.25, 0.3) is 0 Å². The van der Waals surface area contributed by atoms with Crippen LogP contribution in [0.5, 0.6) is 0 Å². The standard InChI is InChI=1S/C10H17IN4O/c11-9-5-13-15(6-9)8-10(16)7-14-3-1-12-2-4-14/h5-6,10,12,16H,1-4,7-8H2. The predicted octanol–water partition coefficient (Wildman–Crippen LogP) is -0.246. The molecule has 2 heterocycles. The van der Waals surface area contributed by atoms with Gasteiger partial charge in [0.1, 0.15) is 0 Å². The molecule has 0 radical (unpaired) electrons. The fourth-order valence-electron chi connectivity index (χ4n) is 1.90. The molecule has 1 aromatic heterocycles. The van der Waals surface area contributed by atoms with Crippen molar-refractivity contribution < 1.29 is 5.11 Å². The van der Waals surface area contributed by atoms with E-state index in [9.17, 15) is 5.11 Å². The monoisotopic (exact) mass is 336 g/mol. The Labute approximate surface area is 109 Å². The molecule has 0 bridgehead atoms. The molecule has 0 spiro atoms. The number of piperazine rings is 1. The Hall–Kier alpha value is -0.180. The number of rotatable bonds is 4. The summed E-state index contributed by atoms with van der Waals surface area (Å²) in [6.07, 6.45) is 3.41. The van der Waals surface area contributed by atoms with E-state index < -0.39 is 0 Å². The van der Waals surface area contributed by atoms with Crippen LogP contribution in [-0.2, 0) is 6.54 Å². The van der Waals surface area contributed by atoms with Gasteiger partial charge in [0.25, 0.3) is 0 Å². The van der Waals surface area contributed by atoms with Gasteiger partial charge in [-0.25, -0.2) is 0 Å². The normalized spacial score (nSPS) is 19.9. The third-order valence-corrected chi connectivity index (χ3v) is 3.24. The van der Waals surface area contributed by atoms with Crippen molar-refractivity contribution in [1.29, 1.82) is 0 Å². The minimum Gasteiger partial charge on any atom is -0.390 e. The molecule has 0 aromatic carbocycles. The molecule has 1 fully saturated rings. The van der Waals surface area contributed by atoms with Gasteiger partial charge in [0.05, 0.1) is 22.4 Å². The average molecular weight is 336 g/mol. The van der Waals surface area contributed by atoms with Gasteiger partial charge in [0, 0.05) is 38.9 Å². The van der Waals surface area contributed by atoms with Gasteiger partial charge in [-0.15, -0.1) is 0 Å². The van der Waals surface area contributed by atoms with Gasteiger partial charge in [0.15, 0.2) is 0 Å². The van der Waals surface area contributed by atoms with Crippen LogP contribution in [0, 0.1) is 3.57 Å². The first-order valence-corrected chi connectivity index (χ1v) is 6.61. The zero-order chi connectivity index (χ0) is 11.4. The van der Waals surface area contributed by atoms with E-state index >= 15 is 0 Å². The molecule has 1 aliphatic rings. The summed E-state index contributed by atoms with van der Waals surface area (Å²) in [6.45, 7) is 5.39. The smallest absolute Gasteiger partial charge is 0.0862 e. The first-order chi connectivity index (χ1) is 7.74. The molecule has 0 saturated carbocycles. The summed E-state index contributed by atoms with van der Waals surface area (Å²) in [6, 6.07) is 0. The maximum absolute atomic E-state index is 9.94. The Kier molecular flexibility index (Phi) is 4.56. The maximum Gasteiger partial charge on any atom is 0.0862 e. The van der Waals surface area contributed by atoms with Crippen LogP contribution in [0.3, 0.4) is 0 Å². The fourth-order valence-corrected chi connectivity index (χ4v) is 2.35. The van der Waals surface area contributed by atoms with Gasteiger partial charge >= 0.3 is 0 Å². The predicted molar refractivity (Wildman–Crippen MR) is 70.3 cm³/mol. The van der Waals surface area contributed by atoms with Crippen molar-refractivity contribution in [3.8, 4) is 0 Å². The summed E-state index contributed by atoms with van der Waals surface area (Å²) >= 11 is 2.22. The average Bonchev–Trinajstić information content (AvgIpc) is 2.65. The van der Waals surface area contributed by atoms with E-state index in [-0.39, 0.29) is 6.10 Å². The lowest BCUT2D eigenvalue weighted by atomic mass is 10.3. The molecule has 2 N–H and O–H groups in total. The minimum absolute atomic E-state index is 0.339.